The van der Waals surface area contributed by atoms with Gasteiger partial charge in [0.25, 0.3) is 0 Å². The highest BCUT2D eigenvalue weighted by Crippen LogP contribution is 2.41. The predicted octanol–water partition coefficient (Wildman–Crippen LogP) is 2.30. The van der Waals surface area contributed by atoms with Gasteiger partial charge >= 0.3 is 0 Å². The number of nitrogens with zero attached hydrogens (tertiary/aromatic N) is 2. The molecule has 1 aromatic rings. The summed E-state index contributed by atoms with van der Waals surface area (Å²) in [6.07, 6.45) is 8.35. The van der Waals surface area contributed by atoms with Gasteiger partial charge in [-0.3, -0.25) is 0 Å². The average Bonchev–Trinajstić information content (AvgIpc) is 2.97. The van der Waals surface area contributed by atoms with Crippen LogP contribution in [0, 0.1) is 0 Å². The molecule has 0 aromatic carbocycles. The molecule has 0 amide bonds. The van der Waals surface area contributed by atoms with Gasteiger partial charge in [-0.05, 0) is 51.9 Å². The highest BCUT2D eigenvalue weighted by atomic mass is 16.5. The number of nitrogens with two attached hydrogens (primary N) is 1. The van der Waals surface area contributed by atoms with Crippen LogP contribution < -0.4 is 5.73 Å². The molecule has 2 N–H and O–H groups in total. The van der Waals surface area contributed by atoms with Crippen molar-refractivity contribution in [2.75, 3.05) is 6.61 Å². The monoisotopic (exact) mass is 265 g/mol. The molecule has 0 atom stereocenters. The first-order chi connectivity index (χ1) is 9.16. The van der Waals surface area contributed by atoms with Crippen molar-refractivity contribution < 1.29 is 9.26 Å². The summed E-state index contributed by atoms with van der Waals surface area (Å²) >= 11 is 0. The number of ether oxygens (including phenoxy) is 1. The summed E-state index contributed by atoms with van der Waals surface area (Å²) in [6.45, 7) is 2.70. The molecule has 0 spiro atoms. The van der Waals surface area contributed by atoms with E-state index in [4.69, 9.17) is 15.0 Å². The fourth-order valence-corrected chi connectivity index (χ4v) is 3.28. The Labute approximate surface area is 113 Å². The quantitative estimate of drug-likeness (QED) is 0.884. The van der Waals surface area contributed by atoms with Gasteiger partial charge < -0.3 is 15.0 Å². The molecule has 0 saturated heterocycles. The molecular formula is C14H23N3O2. The third-order valence-corrected chi connectivity index (χ3v) is 4.56. The minimum atomic E-state index is -0.308. The van der Waals surface area contributed by atoms with Crippen molar-refractivity contribution in [1.82, 2.24) is 10.1 Å². The van der Waals surface area contributed by atoms with Crippen molar-refractivity contribution in [3.8, 4) is 0 Å². The second kappa shape index (κ2) is 4.87. The lowest BCUT2D eigenvalue weighted by Gasteiger charge is -2.36. The van der Waals surface area contributed by atoms with E-state index < -0.39 is 0 Å². The largest absolute Gasteiger partial charge is 0.367 e. The molecule has 2 aliphatic carbocycles. The van der Waals surface area contributed by atoms with Gasteiger partial charge in [0.15, 0.2) is 0 Å². The van der Waals surface area contributed by atoms with E-state index in [1.54, 1.807) is 0 Å². The summed E-state index contributed by atoms with van der Waals surface area (Å²) in [4.78, 5) is 4.57. The second-order valence-corrected chi connectivity index (χ2v) is 6.04. The molecule has 2 aliphatic rings. The molecule has 0 aliphatic heterocycles. The van der Waals surface area contributed by atoms with Crippen molar-refractivity contribution in [3.63, 3.8) is 0 Å². The van der Waals surface area contributed by atoms with Crippen molar-refractivity contribution in [1.29, 1.82) is 0 Å². The van der Waals surface area contributed by atoms with Crippen molar-refractivity contribution in [2.45, 2.75) is 69.4 Å². The summed E-state index contributed by atoms with van der Waals surface area (Å²) in [7, 11) is 0. The van der Waals surface area contributed by atoms with E-state index in [9.17, 15) is 0 Å². The van der Waals surface area contributed by atoms with Gasteiger partial charge in [-0.2, -0.15) is 4.98 Å². The Morgan fingerprint density at radius 2 is 1.95 bits per heavy atom. The summed E-state index contributed by atoms with van der Waals surface area (Å²) in [5.74, 6) is 1.40. The van der Waals surface area contributed by atoms with Crippen LogP contribution in [0.4, 0.5) is 0 Å². The van der Waals surface area contributed by atoms with Gasteiger partial charge in [-0.25, -0.2) is 0 Å². The minimum Gasteiger partial charge on any atom is -0.367 e. The van der Waals surface area contributed by atoms with Gasteiger partial charge in [0.2, 0.25) is 11.7 Å². The fourth-order valence-electron chi connectivity index (χ4n) is 3.28. The number of rotatable bonds is 5. The maximum absolute atomic E-state index is 6.23. The molecule has 3 rings (SSSR count). The number of aromatic nitrogens is 2. The first-order valence-corrected chi connectivity index (χ1v) is 7.42. The standard InChI is InChI=1S/C14H23N3O2/c1-2-18-14(8-3-4-9-14)12-16-11(19-17-12)10-13(15)6-5-7-13/h2-10,15H2,1H3. The normalized spacial score (nSPS) is 24.3. The van der Waals surface area contributed by atoms with E-state index in [0.29, 0.717) is 18.9 Å². The maximum atomic E-state index is 6.23. The smallest absolute Gasteiger partial charge is 0.228 e. The molecule has 2 saturated carbocycles. The maximum Gasteiger partial charge on any atom is 0.228 e. The average molecular weight is 265 g/mol. The second-order valence-electron chi connectivity index (χ2n) is 6.04. The van der Waals surface area contributed by atoms with Gasteiger partial charge in [0.1, 0.15) is 5.60 Å². The Kier molecular flexibility index (Phi) is 3.35. The van der Waals surface area contributed by atoms with E-state index in [1.165, 1.54) is 19.3 Å². The lowest BCUT2D eigenvalue weighted by molar-refractivity contribution is -0.0469. The molecule has 5 heteroatoms. The van der Waals surface area contributed by atoms with E-state index >= 15 is 0 Å². The minimum absolute atomic E-state index is 0.113. The molecule has 0 unspecified atom stereocenters. The highest BCUT2D eigenvalue weighted by Gasteiger charge is 2.42. The van der Waals surface area contributed by atoms with Gasteiger partial charge in [-0.1, -0.05) is 5.16 Å². The first-order valence-electron chi connectivity index (χ1n) is 7.42. The lowest BCUT2D eigenvalue weighted by atomic mass is 9.75. The van der Waals surface area contributed by atoms with E-state index in [0.717, 1.165) is 31.5 Å². The summed E-state index contributed by atoms with van der Waals surface area (Å²) in [5.41, 5.74) is 5.81. The molecule has 2 fully saturated rings. The SMILES string of the molecule is CCOC1(c2noc(CC3(N)CCC3)n2)CCCC1. The lowest BCUT2D eigenvalue weighted by Crippen LogP contribution is -2.48. The Morgan fingerprint density at radius 1 is 1.21 bits per heavy atom. The third kappa shape index (κ3) is 2.41. The zero-order valence-corrected chi connectivity index (χ0v) is 11.7. The van der Waals surface area contributed by atoms with Crippen LogP contribution in [-0.2, 0) is 16.8 Å². The molecule has 0 radical (unpaired) electrons. The molecule has 1 aromatic heterocycles. The van der Waals surface area contributed by atoms with Crippen LogP contribution in [0.2, 0.25) is 0 Å². The highest BCUT2D eigenvalue weighted by molar-refractivity contribution is 5.07. The van der Waals surface area contributed by atoms with Gasteiger partial charge in [0, 0.05) is 18.6 Å². The Balaban J connectivity index is 1.75. The molecule has 19 heavy (non-hydrogen) atoms. The third-order valence-electron chi connectivity index (χ3n) is 4.56. The van der Waals surface area contributed by atoms with Crippen LogP contribution >= 0.6 is 0 Å². The number of hydrogen-bond donors (Lipinski definition) is 1. The van der Waals surface area contributed by atoms with Gasteiger partial charge in [-0.15, -0.1) is 0 Å². The van der Waals surface area contributed by atoms with Crippen molar-refractivity contribution in [3.05, 3.63) is 11.7 Å². The molecular weight excluding hydrogens is 242 g/mol. The van der Waals surface area contributed by atoms with Crippen molar-refractivity contribution in [2.24, 2.45) is 5.73 Å². The van der Waals surface area contributed by atoms with Crippen LogP contribution in [0.1, 0.15) is 63.6 Å². The van der Waals surface area contributed by atoms with E-state index in [2.05, 4.69) is 10.1 Å². The number of hydrogen-bond acceptors (Lipinski definition) is 5. The predicted molar refractivity (Wildman–Crippen MR) is 70.5 cm³/mol. The van der Waals surface area contributed by atoms with Crippen LogP contribution in [0.25, 0.3) is 0 Å². The van der Waals surface area contributed by atoms with Crippen LogP contribution in [0.5, 0.6) is 0 Å². The Hall–Kier alpha value is -0.940. The molecule has 0 bridgehead atoms. The van der Waals surface area contributed by atoms with Gasteiger partial charge in [0.05, 0.1) is 0 Å². The summed E-state index contributed by atoms with van der Waals surface area (Å²) < 4.78 is 11.3. The van der Waals surface area contributed by atoms with Crippen LogP contribution in [-0.4, -0.2) is 22.3 Å². The zero-order valence-electron chi connectivity index (χ0n) is 11.7. The zero-order chi connectivity index (χ0) is 13.3. The van der Waals surface area contributed by atoms with Crippen LogP contribution in [0.15, 0.2) is 4.52 Å². The van der Waals surface area contributed by atoms with Crippen molar-refractivity contribution >= 4 is 0 Å². The van der Waals surface area contributed by atoms with E-state index in [-0.39, 0.29) is 11.1 Å². The fraction of sp³-hybridized carbons (Fsp3) is 0.857. The topological polar surface area (TPSA) is 74.2 Å². The summed E-state index contributed by atoms with van der Waals surface area (Å²) in [5, 5.41) is 4.16. The Bertz CT molecular complexity index is 434. The molecule has 1 heterocycles. The first kappa shape index (κ1) is 13.1. The molecule has 106 valence electrons. The molecule has 5 nitrogen and oxygen atoms in total. The van der Waals surface area contributed by atoms with E-state index in [1.807, 2.05) is 6.92 Å². The Morgan fingerprint density at radius 3 is 2.53 bits per heavy atom. The summed E-state index contributed by atoms with van der Waals surface area (Å²) in [6, 6.07) is 0. The van der Waals surface area contributed by atoms with Crippen LogP contribution in [0.3, 0.4) is 0 Å².